The van der Waals surface area contributed by atoms with Crippen molar-refractivity contribution in [3.8, 4) is 11.8 Å². The van der Waals surface area contributed by atoms with Gasteiger partial charge < -0.3 is 0 Å². The first-order chi connectivity index (χ1) is 8.66. The number of nitro groups is 1. The van der Waals surface area contributed by atoms with Gasteiger partial charge in [-0.1, -0.05) is 36.1 Å². The van der Waals surface area contributed by atoms with Crippen molar-refractivity contribution in [1.29, 1.82) is 0 Å². The Morgan fingerprint density at radius 2 is 1.78 bits per heavy atom. The van der Waals surface area contributed by atoms with E-state index in [0.29, 0.717) is 5.56 Å². The number of hydrogen-bond acceptors (Lipinski definition) is 2. The summed E-state index contributed by atoms with van der Waals surface area (Å²) in [6.07, 6.45) is 0. The predicted molar refractivity (Wildman–Crippen MR) is 70.3 cm³/mol. The first-order valence-electron chi connectivity index (χ1n) is 5.49. The van der Waals surface area contributed by atoms with Gasteiger partial charge in [0.1, 0.15) is 0 Å². The molecule has 2 aromatic rings. The van der Waals surface area contributed by atoms with Gasteiger partial charge >= 0.3 is 0 Å². The number of rotatable bonds is 1. The van der Waals surface area contributed by atoms with E-state index >= 15 is 0 Å². The van der Waals surface area contributed by atoms with Crippen LogP contribution in [0.15, 0.2) is 48.5 Å². The van der Waals surface area contributed by atoms with Crippen molar-refractivity contribution in [2.24, 2.45) is 0 Å². The highest BCUT2D eigenvalue weighted by Crippen LogP contribution is 2.16. The van der Waals surface area contributed by atoms with Gasteiger partial charge in [0.25, 0.3) is 5.69 Å². The fourth-order valence-electron chi connectivity index (χ4n) is 1.52. The summed E-state index contributed by atoms with van der Waals surface area (Å²) in [6.45, 7) is 1.89. The molecular weight excluding hydrogens is 226 g/mol. The number of nitrogens with zero attached hydrogens (tertiary/aromatic N) is 1. The summed E-state index contributed by atoms with van der Waals surface area (Å²) in [7, 11) is 0. The van der Waals surface area contributed by atoms with Crippen molar-refractivity contribution in [2.45, 2.75) is 6.92 Å². The summed E-state index contributed by atoms with van der Waals surface area (Å²) >= 11 is 0. The Kier molecular flexibility index (Phi) is 3.40. The van der Waals surface area contributed by atoms with Gasteiger partial charge in [-0.25, -0.2) is 0 Å². The van der Waals surface area contributed by atoms with Crippen molar-refractivity contribution < 1.29 is 4.92 Å². The molecule has 0 aliphatic rings. The molecule has 0 saturated carbocycles. The summed E-state index contributed by atoms with van der Waals surface area (Å²) in [5.74, 6) is 5.97. The zero-order valence-corrected chi connectivity index (χ0v) is 9.88. The van der Waals surface area contributed by atoms with Crippen molar-refractivity contribution in [2.75, 3.05) is 0 Å². The second-order valence-corrected chi connectivity index (χ2v) is 3.87. The third kappa shape index (κ3) is 2.74. The van der Waals surface area contributed by atoms with Gasteiger partial charge in [0.15, 0.2) is 0 Å². The van der Waals surface area contributed by atoms with E-state index in [2.05, 4.69) is 11.8 Å². The average Bonchev–Trinajstić information content (AvgIpc) is 2.38. The van der Waals surface area contributed by atoms with Crippen molar-refractivity contribution >= 4 is 5.69 Å². The highest BCUT2D eigenvalue weighted by atomic mass is 16.6. The molecule has 0 aliphatic carbocycles. The van der Waals surface area contributed by atoms with Crippen molar-refractivity contribution in [1.82, 2.24) is 0 Å². The van der Waals surface area contributed by atoms with E-state index in [4.69, 9.17) is 0 Å². The second kappa shape index (κ2) is 5.15. The second-order valence-electron chi connectivity index (χ2n) is 3.87. The zero-order chi connectivity index (χ0) is 13.0. The van der Waals surface area contributed by atoms with Crippen LogP contribution in [0, 0.1) is 28.9 Å². The molecule has 18 heavy (non-hydrogen) atoms. The summed E-state index contributed by atoms with van der Waals surface area (Å²) in [4.78, 5) is 10.3. The van der Waals surface area contributed by atoms with Gasteiger partial charge in [-0.05, 0) is 24.6 Å². The highest BCUT2D eigenvalue weighted by Gasteiger charge is 2.06. The SMILES string of the molecule is Cc1ccc([N+](=O)[O-])cc1C#Cc1ccccc1. The Bertz CT molecular complexity index is 637. The highest BCUT2D eigenvalue weighted by molar-refractivity contribution is 5.50. The maximum Gasteiger partial charge on any atom is 0.270 e. The molecule has 0 atom stereocenters. The Labute approximate surface area is 105 Å². The number of hydrogen-bond donors (Lipinski definition) is 0. The van der Waals surface area contributed by atoms with Gasteiger partial charge in [0.05, 0.1) is 4.92 Å². The zero-order valence-electron chi connectivity index (χ0n) is 9.88. The topological polar surface area (TPSA) is 43.1 Å². The molecule has 0 N–H and O–H groups in total. The lowest BCUT2D eigenvalue weighted by Crippen LogP contribution is -1.90. The smallest absolute Gasteiger partial charge is 0.258 e. The van der Waals surface area contributed by atoms with E-state index in [1.807, 2.05) is 37.3 Å². The minimum atomic E-state index is -0.410. The normalized spacial score (nSPS) is 9.39. The minimum Gasteiger partial charge on any atom is -0.258 e. The third-order valence-electron chi connectivity index (χ3n) is 2.55. The number of nitro benzene ring substituents is 1. The summed E-state index contributed by atoms with van der Waals surface area (Å²) in [5, 5.41) is 10.7. The fourth-order valence-corrected chi connectivity index (χ4v) is 1.52. The standard InChI is InChI=1S/C15H11NO2/c1-12-7-10-15(16(17)18)11-14(12)9-8-13-5-3-2-4-6-13/h2-7,10-11H,1H3. The lowest BCUT2D eigenvalue weighted by Gasteiger charge is -1.97. The lowest BCUT2D eigenvalue weighted by molar-refractivity contribution is -0.384. The molecule has 0 bridgehead atoms. The Hall–Kier alpha value is -2.60. The van der Waals surface area contributed by atoms with Crippen LogP contribution in [0.5, 0.6) is 0 Å². The van der Waals surface area contributed by atoms with Gasteiger partial charge in [0.2, 0.25) is 0 Å². The first kappa shape index (κ1) is 11.9. The Morgan fingerprint density at radius 3 is 2.44 bits per heavy atom. The molecule has 88 valence electrons. The molecule has 0 unspecified atom stereocenters. The predicted octanol–water partition coefficient (Wildman–Crippen LogP) is 3.30. The monoisotopic (exact) mass is 237 g/mol. The molecule has 2 rings (SSSR count). The summed E-state index contributed by atoms with van der Waals surface area (Å²) in [6, 6.07) is 14.2. The van der Waals surface area contributed by atoms with Crippen LogP contribution < -0.4 is 0 Å². The molecule has 0 heterocycles. The molecule has 0 amide bonds. The average molecular weight is 237 g/mol. The van der Waals surface area contributed by atoms with E-state index in [1.165, 1.54) is 12.1 Å². The molecule has 3 heteroatoms. The van der Waals surface area contributed by atoms with Crippen molar-refractivity contribution in [3.63, 3.8) is 0 Å². The van der Waals surface area contributed by atoms with Crippen LogP contribution in [0.2, 0.25) is 0 Å². The van der Waals surface area contributed by atoms with Gasteiger partial charge in [0, 0.05) is 23.3 Å². The quantitative estimate of drug-likeness (QED) is 0.434. The van der Waals surface area contributed by atoms with Crippen LogP contribution >= 0.6 is 0 Å². The lowest BCUT2D eigenvalue weighted by atomic mass is 10.1. The van der Waals surface area contributed by atoms with E-state index in [-0.39, 0.29) is 5.69 Å². The van der Waals surface area contributed by atoms with Gasteiger partial charge in [-0.2, -0.15) is 0 Å². The first-order valence-corrected chi connectivity index (χ1v) is 5.49. The number of benzene rings is 2. The molecular formula is C15H11NO2. The van der Waals surface area contributed by atoms with E-state index in [1.54, 1.807) is 6.07 Å². The molecule has 0 aromatic heterocycles. The largest absolute Gasteiger partial charge is 0.270 e. The molecule has 0 radical (unpaired) electrons. The van der Waals surface area contributed by atoms with Crippen LogP contribution in [0.4, 0.5) is 5.69 Å². The molecule has 0 saturated heterocycles. The summed E-state index contributed by atoms with van der Waals surface area (Å²) in [5.41, 5.74) is 2.58. The maximum absolute atomic E-state index is 10.7. The van der Waals surface area contributed by atoms with E-state index < -0.39 is 4.92 Å². The van der Waals surface area contributed by atoms with Crippen LogP contribution in [-0.2, 0) is 0 Å². The molecule has 3 nitrogen and oxygen atoms in total. The maximum atomic E-state index is 10.7. The van der Waals surface area contributed by atoms with Gasteiger partial charge in [-0.15, -0.1) is 0 Å². The molecule has 2 aromatic carbocycles. The Morgan fingerprint density at radius 1 is 1.06 bits per heavy atom. The third-order valence-corrected chi connectivity index (χ3v) is 2.55. The van der Waals surface area contributed by atoms with Crippen LogP contribution in [0.25, 0.3) is 0 Å². The van der Waals surface area contributed by atoms with Crippen LogP contribution in [0.3, 0.4) is 0 Å². The van der Waals surface area contributed by atoms with E-state index in [9.17, 15) is 10.1 Å². The fraction of sp³-hybridized carbons (Fsp3) is 0.0667. The number of aryl methyl sites for hydroxylation is 1. The van der Waals surface area contributed by atoms with Crippen LogP contribution in [-0.4, -0.2) is 4.92 Å². The minimum absolute atomic E-state index is 0.0676. The van der Waals surface area contributed by atoms with Crippen molar-refractivity contribution in [3.05, 3.63) is 75.3 Å². The number of non-ortho nitro benzene ring substituents is 1. The Balaban J connectivity index is 2.38. The van der Waals surface area contributed by atoms with E-state index in [0.717, 1.165) is 11.1 Å². The van der Waals surface area contributed by atoms with Gasteiger partial charge in [-0.3, -0.25) is 10.1 Å². The molecule has 0 spiro atoms. The molecule has 0 aliphatic heterocycles. The summed E-state index contributed by atoms with van der Waals surface area (Å²) < 4.78 is 0. The molecule has 0 fully saturated rings. The van der Waals surface area contributed by atoms with Crippen LogP contribution in [0.1, 0.15) is 16.7 Å².